The van der Waals surface area contributed by atoms with Crippen LogP contribution in [0.5, 0.6) is 0 Å². The van der Waals surface area contributed by atoms with Crippen LogP contribution in [0.1, 0.15) is 31.4 Å². The van der Waals surface area contributed by atoms with E-state index < -0.39 is 0 Å². The number of carbonyl (C=O) groups is 1. The summed E-state index contributed by atoms with van der Waals surface area (Å²) in [5.74, 6) is 2.12. The van der Waals surface area contributed by atoms with Crippen molar-refractivity contribution < 1.29 is 9.21 Å². The fraction of sp³-hybridized carbons (Fsp3) is 0.500. The van der Waals surface area contributed by atoms with Gasteiger partial charge in [0.2, 0.25) is 5.91 Å². The summed E-state index contributed by atoms with van der Waals surface area (Å²) < 4.78 is 7.35. The number of nitrogens with zero attached hydrogens (tertiary/aromatic N) is 4. The highest BCUT2D eigenvalue weighted by molar-refractivity contribution is 7.99. The highest BCUT2D eigenvalue weighted by Gasteiger charge is 2.20. The largest absolute Gasteiger partial charge is 0.469 e. The maximum Gasteiger partial charge on any atom is 0.233 e. The lowest BCUT2D eigenvalue weighted by atomic mass is 10.2. The summed E-state index contributed by atoms with van der Waals surface area (Å²) in [4.78, 5) is 14.5. The molecule has 1 aliphatic rings. The number of rotatable bonds is 6. The van der Waals surface area contributed by atoms with Gasteiger partial charge in [0.05, 0.1) is 17.6 Å². The van der Waals surface area contributed by atoms with Gasteiger partial charge in [-0.1, -0.05) is 30.7 Å². The Hall–Kier alpha value is -2.02. The molecule has 3 rings (SSSR count). The van der Waals surface area contributed by atoms with Crippen molar-refractivity contribution in [3.63, 3.8) is 0 Å². The van der Waals surface area contributed by atoms with E-state index in [4.69, 9.17) is 4.42 Å². The van der Waals surface area contributed by atoms with Crippen LogP contribution in [-0.2, 0) is 11.3 Å². The Labute approximate surface area is 152 Å². The maximum absolute atomic E-state index is 12.5. The number of thioether (sulfide) groups is 1. The summed E-state index contributed by atoms with van der Waals surface area (Å²) >= 11 is 1.44. The third kappa shape index (κ3) is 4.15. The molecule has 1 saturated heterocycles. The molecule has 134 valence electrons. The molecule has 1 aliphatic heterocycles. The van der Waals surface area contributed by atoms with Crippen LogP contribution in [0, 0.1) is 6.92 Å². The number of allylic oxidation sites excluding steroid dienone is 1. The van der Waals surface area contributed by atoms with E-state index in [1.165, 1.54) is 24.6 Å². The van der Waals surface area contributed by atoms with Crippen molar-refractivity contribution in [3.8, 4) is 11.4 Å². The van der Waals surface area contributed by atoms with E-state index in [1.807, 2.05) is 28.5 Å². The van der Waals surface area contributed by atoms with E-state index in [0.29, 0.717) is 12.3 Å². The number of hydrogen-bond donors (Lipinski definition) is 0. The van der Waals surface area contributed by atoms with Crippen LogP contribution in [-0.4, -0.2) is 44.4 Å². The molecule has 0 N–H and O–H groups in total. The topological polar surface area (TPSA) is 64.2 Å². The van der Waals surface area contributed by atoms with Crippen LogP contribution >= 0.6 is 11.8 Å². The zero-order valence-electron chi connectivity index (χ0n) is 14.6. The third-order valence-electron chi connectivity index (χ3n) is 4.41. The Morgan fingerprint density at radius 3 is 2.72 bits per heavy atom. The third-order valence-corrected chi connectivity index (χ3v) is 5.36. The molecular formula is C18H24N4O2S. The van der Waals surface area contributed by atoms with Crippen molar-refractivity contribution in [1.82, 2.24) is 19.7 Å². The number of aromatic nitrogens is 3. The van der Waals surface area contributed by atoms with Gasteiger partial charge in [-0.25, -0.2) is 0 Å². The molecule has 0 unspecified atom stereocenters. The summed E-state index contributed by atoms with van der Waals surface area (Å²) in [7, 11) is 0. The molecule has 0 atom stereocenters. The van der Waals surface area contributed by atoms with E-state index in [0.717, 1.165) is 48.2 Å². The minimum atomic E-state index is 0.182. The van der Waals surface area contributed by atoms with Crippen LogP contribution < -0.4 is 0 Å². The molecule has 1 amide bonds. The number of aryl methyl sites for hydroxylation is 1. The molecule has 2 aromatic heterocycles. The minimum absolute atomic E-state index is 0.182. The fourth-order valence-electron chi connectivity index (χ4n) is 3.04. The van der Waals surface area contributed by atoms with Crippen molar-refractivity contribution in [1.29, 1.82) is 0 Å². The number of amides is 1. The number of carbonyl (C=O) groups excluding carboxylic acids is 1. The monoisotopic (exact) mass is 360 g/mol. The molecule has 3 heterocycles. The summed E-state index contributed by atoms with van der Waals surface area (Å²) in [5, 5.41) is 9.32. The second kappa shape index (κ2) is 8.38. The van der Waals surface area contributed by atoms with Gasteiger partial charge in [-0.05, 0) is 25.8 Å². The first kappa shape index (κ1) is 17.8. The van der Waals surface area contributed by atoms with E-state index in [1.54, 1.807) is 6.26 Å². The lowest BCUT2D eigenvalue weighted by Gasteiger charge is -2.19. The Morgan fingerprint density at radius 1 is 1.32 bits per heavy atom. The zero-order valence-corrected chi connectivity index (χ0v) is 15.4. The Morgan fingerprint density at radius 2 is 2.08 bits per heavy atom. The van der Waals surface area contributed by atoms with Gasteiger partial charge in [0.1, 0.15) is 5.76 Å². The van der Waals surface area contributed by atoms with Gasteiger partial charge in [-0.15, -0.1) is 16.8 Å². The van der Waals surface area contributed by atoms with Gasteiger partial charge in [0.15, 0.2) is 11.0 Å². The number of likely N-dealkylation sites (tertiary alicyclic amines) is 1. The molecule has 0 aliphatic carbocycles. The maximum atomic E-state index is 12.5. The quantitative estimate of drug-likeness (QED) is 0.582. The number of hydrogen-bond acceptors (Lipinski definition) is 5. The standard InChI is InChI=1S/C18H24N4O2S/c1-3-9-22-17(15-8-12-24-14(15)2)19-20-18(22)25-13-16(23)21-10-6-4-5-7-11-21/h3,8,12H,1,4-7,9-11,13H2,2H3. The molecule has 25 heavy (non-hydrogen) atoms. The first-order valence-electron chi connectivity index (χ1n) is 8.70. The molecule has 2 aromatic rings. The lowest BCUT2D eigenvalue weighted by Crippen LogP contribution is -2.33. The second-order valence-corrected chi connectivity index (χ2v) is 7.12. The van der Waals surface area contributed by atoms with Crippen LogP contribution in [0.2, 0.25) is 0 Å². The molecule has 0 aromatic carbocycles. The Balaban J connectivity index is 1.72. The van der Waals surface area contributed by atoms with Crippen molar-refractivity contribution in [2.75, 3.05) is 18.8 Å². The van der Waals surface area contributed by atoms with E-state index in [9.17, 15) is 4.79 Å². The zero-order chi connectivity index (χ0) is 17.6. The van der Waals surface area contributed by atoms with Crippen molar-refractivity contribution in [3.05, 3.63) is 30.7 Å². The van der Waals surface area contributed by atoms with Gasteiger partial charge < -0.3 is 9.32 Å². The average Bonchev–Trinajstić information content (AvgIpc) is 3.08. The van der Waals surface area contributed by atoms with Crippen molar-refractivity contribution >= 4 is 17.7 Å². The van der Waals surface area contributed by atoms with Gasteiger partial charge in [-0.3, -0.25) is 9.36 Å². The smallest absolute Gasteiger partial charge is 0.233 e. The molecule has 0 bridgehead atoms. The highest BCUT2D eigenvalue weighted by atomic mass is 32.2. The highest BCUT2D eigenvalue weighted by Crippen LogP contribution is 2.27. The first-order chi connectivity index (χ1) is 12.2. The average molecular weight is 360 g/mol. The Bertz CT molecular complexity index is 729. The van der Waals surface area contributed by atoms with Gasteiger partial charge in [0, 0.05) is 19.6 Å². The van der Waals surface area contributed by atoms with Crippen LogP contribution in [0.3, 0.4) is 0 Å². The Kier molecular flexibility index (Phi) is 5.96. The number of furan rings is 1. The van der Waals surface area contributed by atoms with Crippen molar-refractivity contribution in [2.24, 2.45) is 0 Å². The minimum Gasteiger partial charge on any atom is -0.469 e. The summed E-state index contributed by atoms with van der Waals surface area (Å²) in [6.07, 6.45) is 8.10. The first-order valence-corrected chi connectivity index (χ1v) is 9.68. The SMILES string of the molecule is C=CCn1c(SCC(=O)N2CCCCCC2)nnc1-c1ccoc1C. The molecule has 0 radical (unpaired) electrons. The summed E-state index contributed by atoms with van der Waals surface area (Å²) in [6, 6.07) is 1.88. The van der Waals surface area contributed by atoms with Crippen LogP contribution in [0.15, 0.2) is 34.6 Å². The lowest BCUT2D eigenvalue weighted by molar-refractivity contribution is -0.128. The van der Waals surface area contributed by atoms with Crippen LogP contribution in [0.25, 0.3) is 11.4 Å². The van der Waals surface area contributed by atoms with E-state index in [-0.39, 0.29) is 5.91 Å². The molecule has 0 saturated carbocycles. The predicted octanol–water partition coefficient (Wildman–Crippen LogP) is 3.53. The van der Waals surface area contributed by atoms with Gasteiger partial charge >= 0.3 is 0 Å². The predicted molar refractivity (Wildman–Crippen MR) is 98.4 cm³/mol. The molecule has 6 nitrogen and oxygen atoms in total. The molecule has 1 fully saturated rings. The molecular weight excluding hydrogens is 336 g/mol. The van der Waals surface area contributed by atoms with E-state index in [2.05, 4.69) is 16.8 Å². The van der Waals surface area contributed by atoms with Gasteiger partial charge in [0.25, 0.3) is 0 Å². The van der Waals surface area contributed by atoms with Crippen LogP contribution in [0.4, 0.5) is 0 Å². The van der Waals surface area contributed by atoms with E-state index >= 15 is 0 Å². The fourth-order valence-corrected chi connectivity index (χ4v) is 3.89. The normalized spacial score (nSPS) is 15.2. The van der Waals surface area contributed by atoms with Gasteiger partial charge in [-0.2, -0.15) is 0 Å². The molecule has 0 spiro atoms. The summed E-state index contributed by atoms with van der Waals surface area (Å²) in [6.45, 7) is 8.05. The van der Waals surface area contributed by atoms with Crippen molar-refractivity contribution in [2.45, 2.75) is 44.3 Å². The summed E-state index contributed by atoms with van der Waals surface area (Å²) in [5.41, 5.74) is 0.917. The molecule has 7 heteroatoms. The second-order valence-electron chi connectivity index (χ2n) is 6.18.